The van der Waals surface area contributed by atoms with Crippen LogP contribution >= 0.6 is 11.6 Å². The molecule has 0 saturated carbocycles. The molecule has 0 heterocycles. The molecule has 0 bridgehead atoms. The van der Waals surface area contributed by atoms with Crippen molar-refractivity contribution in [3.8, 4) is 0 Å². The zero-order valence-corrected chi connectivity index (χ0v) is 3.64. The van der Waals surface area contributed by atoms with Crippen LogP contribution in [0.5, 0.6) is 0 Å². The molecule has 2 nitrogen and oxygen atoms in total. The lowest BCUT2D eigenvalue weighted by molar-refractivity contribution is -0.106. The summed E-state index contributed by atoms with van der Waals surface area (Å²) >= 11 is 4.81. The van der Waals surface area contributed by atoms with Crippen LogP contribution in [-0.2, 0) is 4.79 Å². The first-order chi connectivity index (χ1) is 2.81. The van der Waals surface area contributed by atoms with E-state index in [2.05, 4.69) is 0 Å². The first-order valence-corrected chi connectivity index (χ1v) is 1.69. The summed E-state index contributed by atoms with van der Waals surface area (Å²) in [6.45, 7) is 0. The summed E-state index contributed by atoms with van der Waals surface area (Å²) in [6, 6.07) is 0. The van der Waals surface area contributed by atoms with Gasteiger partial charge in [-0.3, -0.25) is 4.79 Å². The number of aliphatic hydroxyl groups is 1. The van der Waals surface area contributed by atoms with E-state index in [1.54, 1.807) is 0 Å². The largest absolute Gasteiger partial charge is 0.504 e. The Kier molecular flexibility index (Phi) is 2.50. The zero-order chi connectivity index (χ0) is 4.99. The average Bonchev–Trinajstić information content (AvgIpc) is 1.65. The highest BCUT2D eigenvalue weighted by Gasteiger charge is 1.77. The van der Waals surface area contributed by atoms with Gasteiger partial charge in [-0.15, -0.1) is 0 Å². The number of hydrogen-bond donors (Lipinski definition) is 1. The highest BCUT2D eigenvalue weighted by Crippen LogP contribution is 1.82. The molecule has 0 aromatic heterocycles. The van der Waals surface area contributed by atoms with Gasteiger partial charge in [0, 0.05) is 5.54 Å². The van der Waals surface area contributed by atoms with E-state index in [4.69, 9.17) is 16.7 Å². The monoisotopic (exact) mass is 106 g/mol. The number of aliphatic hydroxyl groups excluding tert-OH is 1. The van der Waals surface area contributed by atoms with Crippen molar-refractivity contribution in [3.05, 3.63) is 11.3 Å². The van der Waals surface area contributed by atoms with Gasteiger partial charge in [-0.1, -0.05) is 11.6 Å². The highest BCUT2D eigenvalue weighted by molar-refractivity contribution is 6.26. The number of rotatable bonds is 1. The second kappa shape index (κ2) is 2.72. The Balaban J connectivity index is 3.50. The molecule has 6 heavy (non-hydrogen) atoms. The number of aldehydes is 1. The van der Waals surface area contributed by atoms with Gasteiger partial charge in [0.25, 0.3) is 0 Å². The van der Waals surface area contributed by atoms with Crippen molar-refractivity contribution in [2.75, 3.05) is 0 Å². The second-order valence-electron chi connectivity index (χ2n) is 0.652. The Morgan fingerprint density at radius 2 is 2.33 bits per heavy atom. The molecule has 0 aromatic carbocycles. The average molecular weight is 107 g/mol. The molecule has 0 aliphatic heterocycles. The second-order valence-corrected chi connectivity index (χ2v) is 0.870. The fraction of sp³-hybridized carbons (Fsp3) is 0. The maximum absolute atomic E-state index is 9.33. The summed E-state index contributed by atoms with van der Waals surface area (Å²) in [6.07, 6.45) is 0.257. The molecule has 0 spiro atoms. The molecule has 0 amide bonds. The molecule has 0 unspecified atom stereocenters. The molecule has 0 aromatic rings. The zero-order valence-electron chi connectivity index (χ0n) is 2.89. The van der Waals surface area contributed by atoms with Crippen LogP contribution in [0.4, 0.5) is 0 Å². The van der Waals surface area contributed by atoms with Gasteiger partial charge in [-0.25, -0.2) is 0 Å². The SMILES string of the molecule is O=CC(O)=CCl. The standard InChI is InChI=1S/C3H3ClO2/c4-1-3(6)2-5/h1-2,6H. The van der Waals surface area contributed by atoms with Crippen LogP contribution in [0.3, 0.4) is 0 Å². The first kappa shape index (κ1) is 5.50. The van der Waals surface area contributed by atoms with Gasteiger partial charge < -0.3 is 5.11 Å². The summed E-state index contributed by atoms with van der Waals surface area (Å²) in [4.78, 5) is 9.33. The minimum atomic E-state index is -0.448. The van der Waals surface area contributed by atoms with Crippen molar-refractivity contribution in [2.24, 2.45) is 0 Å². The van der Waals surface area contributed by atoms with Gasteiger partial charge in [-0.05, 0) is 0 Å². The summed E-state index contributed by atoms with van der Waals surface area (Å²) in [5, 5.41) is 8.03. The molecule has 0 atom stereocenters. The van der Waals surface area contributed by atoms with Crippen LogP contribution in [0.1, 0.15) is 0 Å². The van der Waals surface area contributed by atoms with Crippen molar-refractivity contribution in [1.82, 2.24) is 0 Å². The Morgan fingerprint density at radius 1 is 1.83 bits per heavy atom. The van der Waals surface area contributed by atoms with Gasteiger partial charge in [0.1, 0.15) is 0 Å². The molecule has 0 radical (unpaired) electrons. The Bertz CT molecular complexity index is 76.9. The van der Waals surface area contributed by atoms with Crippen molar-refractivity contribution in [1.29, 1.82) is 0 Å². The molecule has 0 aliphatic carbocycles. The van der Waals surface area contributed by atoms with Crippen LogP contribution in [-0.4, -0.2) is 11.4 Å². The molecular formula is C3H3ClO2. The van der Waals surface area contributed by atoms with E-state index in [1.165, 1.54) is 0 Å². The molecule has 0 fully saturated rings. The normalized spacial score (nSPS) is 11.2. The first-order valence-electron chi connectivity index (χ1n) is 1.25. The maximum Gasteiger partial charge on any atom is 0.185 e. The summed E-state index contributed by atoms with van der Waals surface area (Å²) in [5.41, 5.74) is 0.799. The van der Waals surface area contributed by atoms with Crippen molar-refractivity contribution in [3.63, 3.8) is 0 Å². The molecule has 0 rings (SSSR count). The van der Waals surface area contributed by atoms with Gasteiger partial charge in [-0.2, -0.15) is 0 Å². The van der Waals surface area contributed by atoms with E-state index in [1.807, 2.05) is 0 Å². The lowest BCUT2D eigenvalue weighted by Gasteiger charge is -1.72. The van der Waals surface area contributed by atoms with Gasteiger partial charge in [0.2, 0.25) is 0 Å². The summed E-state index contributed by atoms with van der Waals surface area (Å²) < 4.78 is 0. The number of halogens is 1. The molecule has 0 aliphatic rings. The van der Waals surface area contributed by atoms with Crippen molar-refractivity contribution < 1.29 is 9.90 Å². The predicted octanol–water partition coefficient (Wildman–Crippen LogP) is 0.823. The third-order valence-electron chi connectivity index (χ3n) is 0.233. The number of carbonyl (C=O) groups is 1. The molecule has 3 heteroatoms. The summed E-state index contributed by atoms with van der Waals surface area (Å²) in [5.74, 6) is -0.448. The van der Waals surface area contributed by atoms with E-state index < -0.39 is 5.76 Å². The van der Waals surface area contributed by atoms with Crippen LogP contribution in [0, 0.1) is 0 Å². The van der Waals surface area contributed by atoms with Crippen LogP contribution < -0.4 is 0 Å². The van der Waals surface area contributed by atoms with E-state index in [-0.39, 0.29) is 6.29 Å². The fourth-order valence-electron chi connectivity index (χ4n) is 0.0257. The highest BCUT2D eigenvalue weighted by atomic mass is 35.5. The molecular weight excluding hydrogens is 103 g/mol. The topological polar surface area (TPSA) is 37.3 Å². The van der Waals surface area contributed by atoms with Crippen molar-refractivity contribution in [2.45, 2.75) is 0 Å². The minimum absolute atomic E-state index is 0.257. The molecule has 1 N–H and O–H groups in total. The van der Waals surface area contributed by atoms with Crippen LogP contribution in [0.2, 0.25) is 0 Å². The quantitative estimate of drug-likeness (QED) is 0.305. The van der Waals surface area contributed by atoms with Crippen LogP contribution in [0.15, 0.2) is 11.3 Å². The Labute approximate surface area is 40.0 Å². The van der Waals surface area contributed by atoms with Crippen molar-refractivity contribution >= 4 is 17.9 Å². The molecule has 0 saturated heterocycles. The minimum Gasteiger partial charge on any atom is -0.504 e. The number of carbonyl (C=O) groups excluding carboxylic acids is 1. The molecule has 34 valence electrons. The maximum atomic E-state index is 9.33. The van der Waals surface area contributed by atoms with E-state index in [0.29, 0.717) is 0 Å². The smallest absolute Gasteiger partial charge is 0.185 e. The van der Waals surface area contributed by atoms with Gasteiger partial charge in [0.05, 0.1) is 0 Å². The third kappa shape index (κ3) is 1.79. The van der Waals surface area contributed by atoms with E-state index >= 15 is 0 Å². The van der Waals surface area contributed by atoms with Crippen LogP contribution in [0.25, 0.3) is 0 Å². The van der Waals surface area contributed by atoms with Gasteiger partial charge in [0.15, 0.2) is 12.0 Å². The third-order valence-corrected chi connectivity index (χ3v) is 0.456. The lowest BCUT2D eigenvalue weighted by Crippen LogP contribution is -1.74. The van der Waals surface area contributed by atoms with E-state index in [0.717, 1.165) is 5.54 Å². The summed E-state index contributed by atoms with van der Waals surface area (Å²) in [7, 11) is 0. The fourth-order valence-corrected chi connectivity index (χ4v) is 0.0772. The Hall–Kier alpha value is -0.500. The predicted molar refractivity (Wildman–Crippen MR) is 22.6 cm³/mol. The van der Waals surface area contributed by atoms with E-state index in [9.17, 15) is 4.79 Å². The lowest BCUT2D eigenvalue weighted by atomic mass is 10.7. The number of hydrogen-bond acceptors (Lipinski definition) is 2. The van der Waals surface area contributed by atoms with Gasteiger partial charge >= 0.3 is 0 Å². The Morgan fingerprint density at radius 3 is 2.33 bits per heavy atom. The number of allylic oxidation sites excluding steroid dienone is 1.